The first-order chi connectivity index (χ1) is 9.76. The molecule has 0 aliphatic carbocycles. The number of carbonyl (C=O) groups is 1. The third-order valence-corrected chi connectivity index (χ3v) is 3.29. The quantitative estimate of drug-likeness (QED) is 0.747. The normalized spacial score (nSPS) is 10.9. The smallest absolute Gasteiger partial charge is 0.239 e. The van der Waals surface area contributed by atoms with Gasteiger partial charge in [-0.25, -0.2) is 0 Å². The highest BCUT2D eigenvalue weighted by atomic mass is 16.5. The Kier molecular flexibility index (Phi) is 5.15. The number of ether oxygens (including phenoxy) is 1. The molecular formula is C15H21N3O2. The lowest BCUT2D eigenvalue weighted by Gasteiger charge is -2.08. The molecule has 108 valence electrons. The van der Waals surface area contributed by atoms with Crippen molar-refractivity contribution in [2.45, 2.75) is 19.5 Å². The number of hydrogen-bond donors (Lipinski definition) is 2. The zero-order valence-electron chi connectivity index (χ0n) is 11.8. The zero-order valence-corrected chi connectivity index (χ0v) is 11.8. The van der Waals surface area contributed by atoms with Crippen LogP contribution >= 0.6 is 0 Å². The van der Waals surface area contributed by atoms with Gasteiger partial charge in [-0.3, -0.25) is 4.79 Å². The highest BCUT2D eigenvalue weighted by Gasteiger charge is 2.07. The minimum Gasteiger partial charge on any atom is -0.385 e. The maximum atomic E-state index is 11.9. The lowest BCUT2D eigenvalue weighted by atomic mass is 10.1. The van der Waals surface area contributed by atoms with Gasteiger partial charge in [-0.2, -0.15) is 0 Å². The molecule has 1 aromatic carbocycles. The van der Waals surface area contributed by atoms with Crippen LogP contribution < -0.4 is 11.1 Å². The monoisotopic (exact) mass is 275 g/mol. The van der Waals surface area contributed by atoms with Crippen molar-refractivity contribution in [2.24, 2.45) is 5.73 Å². The van der Waals surface area contributed by atoms with Gasteiger partial charge in [-0.05, 0) is 24.1 Å². The van der Waals surface area contributed by atoms with E-state index in [-0.39, 0.29) is 5.91 Å². The second-order valence-electron chi connectivity index (χ2n) is 4.69. The minimum atomic E-state index is 0.0109. The summed E-state index contributed by atoms with van der Waals surface area (Å²) < 4.78 is 6.89. The highest BCUT2D eigenvalue weighted by Crippen LogP contribution is 2.19. The number of hydrogen-bond acceptors (Lipinski definition) is 3. The second kappa shape index (κ2) is 7.07. The number of aromatic nitrogens is 1. The largest absolute Gasteiger partial charge is 0.385 e. The predicted octanol–water partition coefficient (Wildman–Crippen LogP) is 1.25. The summed E-state index contributed by atoms with van der Waals surface area (Å²) in [5.41, 5.74) is 7.86. The molecule has 0 fully saturated rings. The minimum absolute atomic E-state index is 0.0109. The average Bonchev–Trinajstić information content (AvgIpc) is 2.87. The third-order valence-electron chi connectivity index (χ3n) is 3.29. The molecule has 0 saturated heterocycles. The number of rotatable bonds is 7. The van der Waals surface area contributed by atoms with Crippen molar-refractivity contribution >= 4 is 16.8 Å². The summed E-state index contributed by atoms with van der Waals surface area (Å²) in [6.07, 6.45) is 2.75. The van der Waals surface area contributed by atoms with Crippen molar-refractivity contribution in [1.82, 2.24) is 9.88 Å². The lowest BCUT2D eigenvalue weighted by molar-refractivity contribution is -0.121. The number of fused-ring (bicyclic) bond motifs is 1. The molecule has 0 aliphatic rings. The molecule has 5 nitrogen and oxygen atoms in total. The van der Waals surface area contributed by atoms with Crippen LogP contribution in [0.5, 0.6) is 0 Å². The number of carbonyl (C=O) groups excluding carboxylic acids is 1. The molecule has 1 heterocycles. The first kappa shape index (κ1) is 14.6. The topological polar surface area (TPSA) is 69.3 Å². The molecule has 0 spiro atoms. The Balaban J connectivity index is 2.01. The lowest BCUT2D eigenvalue weighted by Crippen LogP contribution is -2.28. The Morgan fingerprint density at radius 2 is 2.25 bits per heavy atom. The average molecular weight is 275 g/mol. The molecule has 5 heteroatoms. The molecule has 0 bridgehead atoms. The van der Waals surface area contributed by atoms with E-state index < -0.39 is 0 Å². The summed E-state index contributed by atoms with van der Waals surface area (Å²) in [6.45, 7) is 2.13. The first-order valence-electron chi connectivity index (χ1n) is 6.78. The number of amides is 1. The Morgan fingerprint density at radius 3 is 3.00 bits per heavy atom. The summed E-state index contributed by atoms with van der Waals surface area (Å²) in [5, 5.41) is 4.00. The second-order valence-corrected chi connectivity index (χ2v) is 4.69. The van der Waals surface area contributed by atoms with Crippen LogP contribution in [0, 0.1) is 0 Å². The fourth-order valence-corrected chi connectivity index (χ4v) is 2.26. The first-order valence-corrected chi connectivity index (χ1v) is 6.78. The fraction of sp³-hybridized carbons (Fsp3) is 0.400. The van der Waals surface area contributed by atoms with Crippen LogP contribution in [-0.4, -0.2) is 30.7 Å². The van der Waals surface area contributed by atoms with Crippen LogP contribution in [0.4, 0.5) is 0 Å². The molecule has 0 aliphatic heterocycles. The summed E-state index contributed by atoms with van der Waals surface area (Å²) in [7, 11) is 1.66. The zero-order chi connectivity index (χ0) is 14.4. The van der Waals surface area contributed by atoms with Gasteiger partial charge >= 0.3 is 0 Å². The van der Waals surface area contributed by atoms with Crippen LogP contribution in [0.3, 0.4) is 0 Å². The van der Waals surface area contributed by atoms with Crippen LogP contribution in [0.25, 0.3) is 10.9 Å². The number of methoxy groups -OCH3 is 1. The molecular weight excluding hydrogens is 254 g/mol. The van der Waals surface area contributed by atoms with E-state index >= 15 is 0 Å². The van der Waals surface area contributed by atoms with E-state index in [4.69, 9.17) is 10.5 Å². The van der Waals surface area contributed by atoms with Gasteiger partial charge in [-0.15, -0.1) is 0 Å². The summed E-state index contributed by atoms with van der Waals surface area (Å²) >= 11 is 0. The highest BCUT2D eigenvalue weighted by molar-refractivity contribution is 5.85. The summed E-state index contributed by atoms with van der Waals surface area (Å²) in [5.74, 6) is 0.0109. The third kappa shape index (κ3) is 3.37. The molecule has 20 heavy (non-hydrogen) atoms. The molecule has 1 amide bonds. The van der Waals surface area contributed by atoms with Gasteiger partial charge in [0.2, 0.25) is 5.91 Å². The number of nitrogens with zero attached hydrogens (tertiary/aromatic N) is 1. The van der Waals surface area contributed by atoms with Crippen LogP contribution in [-0.2, 0) is 22.6 Å². The Morgan fingerprint density at radius 1 is 1.40 bits per heavy atom. The molecule has 2 rings (SSSR count). The van der Waals surface area contributed by atoms with E-state index in [2.05, 4.69) is 5.32 Å². The van der Waals surface area contributed by atoms with Crippen molar-refractivity contribution in [3.8, 4) is 0 Å². The van der Waals surface area contributed by atoms with Gasteiger partial charge in [0, 0.05) is 43.9 Å². The summed E-state index contributed by atoms with van der Waals surface area (Å²) in [6, 6.07) is 8.00. The Bertz CT molecular complexity index is 578. The van der Waals surface area contributed by atoms with E-state index in [1.54, 1.807) is 7.11 Å². The van der Waals surface area contributed by atoms with Crippen molar-refractivity contribution in [3.63, 3.8) is 0 Å². The number of nitrogens with two attached hydrogens (primary N) is 1. The van der Waals surface area contributed by atoms with Gasteiger partial charge in [0.05, 0.1) is 0 Å². The molecule has 0 atom stereocenters. The Hall–Kier alpha value is -1.85. The molecule has 0 unspecified atom stereocenters. The standard InChI is InChI=1S/C15H21N3O2/c1-20-9-3-7-17-15(19)11-18-8-6-13-12(10-16)4-2-5-14(13)18/h2,4-6,8H,3,7,9-11,16H2,1H3,(H,17,19). The van der Waals surface area contributed by atoms with Crippen molar-refractivity contribution < 1.29 is 9.53 Å². The van der Waals surface area contributed by atoms with E-state index in [1.807, 2.05) is 35.0 Å². The van der Waals surface area contributed by atoms with Crippen LogP contribution in [0.2, 0.25) is 0 Å². The van der Waals surface area contributed by atoms with Gasteiger partial charge in [0.15, 0.2) is 0 Å². The predicted molar refractivity (Wildman–Crippen MR) is 79.3 cm³/mol. The molecule has 3 N–H and O–H groups in total. The fourth-order valence-electron chi connectivity index (χ4n) is 2.26. The van der Waals surface area contributed by atoms with E-state index in [9.17, 15) is 4.79 Å². The maximum Gasteiger partial charge on any atom is 0.239 e. The molecule has 1 aromatic heterocycles. The maximum absolute atomic E-state index is 11.9. The SMILES string of the molecule is COCCCNC(=O)Cn1ccc2c(CN)cccc21. The van der Waals surface area contributed by atoms with Crippen LogP contribution in [0.1, 0.15) is 12.0 Å². The van der Waals surface area contributed by atoms with Crippen LogP contribution in [0.15, 0.2) is 30.5 Å². The van der Waals surface area contributed by atoms with Gasteiger partial charge in [0.25, 0.3) is 0 Å². The van der Waals surface area contributed by atoms with Crippen molar-refractivity contribution in [3.05, 3.63) is 36.0 Å². The molecule has 0 radical (unpaired) electrons. The molecule has 2 aromatic rings. The van der Waals surface area contributed by atoms with Gasteiger partial charge in [-0.1, -0.05) is 12.1 Å². The Labute approximate surface area is 118 Å². The van der Waals surface area contributed by atoms with Gasteiger partial charge in [0.1, 0.15) is 6.54 Å². The number of benzene rings is 1. The van der Waals surface area contributed by atoms with E-state index in [1.165, 1.54) is 0 Å². The van der Waals surface area contributed by atoms with Crippen molar-refractivity contribution in [2.75, 3.05) is 20.3 Å². The van der Waals surface area contributed by atoms with Gasteiger partial charge < -0.3 is 20.4 Å². The van der Waals surface area contributed by atoms with Crippen molar-refractivity contribution in [1.29, 1.82) is 0 Å². The summed E-state index contributed by atoms with van der Waals surface area (Å²) in [4.78, 5) is 11.9. The molecule has 0 saturated carbocycles. The van der Waals surface area contributed by atoms with E-state index in [0.29, 0.717) is 26.2 Å². The number of nitrogens with one attached hydrogen (secondary N) is 1. The van der Waals surface area contributed by atoms with E-state index in [0.717, 1.165) is 22.9 Å².